The van der Waals surface area contributed by atoms with Crippen LogP contribution in [-0.2, 0) is 39.9 Å². The van der Waals surface area contributed by atoms with Crippen molar-refractivity contribution in [3.05, 3.63) is 83.4 Å². The molecule has 7 rings (SSSR count). The van der Waals surface area contributed by atoms with Gasteiger partial charge in [0, 0.05) is 0 Å². The van der Waals surface area contributed by atoms with Crippen molar-refractivity contribution < 1.29 is 47.9 Å². The molecule has 0 unspecified atom stereocenters. The maximum atomic E-state index is 12.8. The number of azo groups is 2. The summed E-state index contributed by atoms with van der Waals surface area (Å²) in [6, 6.07) is 13.5. The highest BCUT2D eigenvalue weighted by molar-refractivity contribution is 7.92. The normalized spacial score (nSPS) is 12.5. The lowest BCUT2D eigenvalue weighted by atomic mass is 10.3. The maximum Gasteiger partial charge on any atom is 0.320 e. The van der Waals surface area contributed by atoms with Crippen LogP contribution in [-0.4, -0.2) is 125 Å². The van der Waals surface area contributed by atoms with E-state index in [0.717, 1.165) is 9.36 Å². The Hall–Kier alpha value is -8.41. The Kier molecular flexibility index (Phi) is 13.9. The van der Waals surface area contributed by atoms with Gasteiger partial charge in [0.05, 0.1) is 68.0 Å². The van der Waals surface area contributed by atoms with E-state index in [1.54, 1.807) is 0 Å². The van der Waals surface area contributed by atoms with Crippen molar-refractivity contribution in [1.29, 1.82) is 10.5 Å². The van der Waals surface area contributed by atoms with Crippen LogP contribution in [0.3, 0.4) is 0 Å². The summed E-state index contributed by atoms with van der Waals surface area (Å²) in [5.74, 6) is -3.84. The number of hydrogen-bond acceptors (Lipinski definition) is 24. The first kappa shape index (κ1) is 50.5. The van der Waals surface area contributed by atoms with Gasteiger partial charge in [0.25, 0.3) is 32.1 Å². The molecule has 0 aliphatic carbocycles. The van der Waals surface area contributed by atoms with E-state index in [0.29, 0.717) is 0 Å². The molecule has 71 heavy (non-hydrogen) atoms. The van der Waals surface area contributed by atoms with Gasteiger partial charge in [-0.3, -0.25) is 9.11 Å². The van der Waals surface area contributed by atoms with Crippen LogP contribution < -0.4 is 11.5 Å². The molecule has 34 heteroatoms. The molecular formula is C37H35N19O11S4. The molecule has 0 spiro atoms. The number of aromatic nitrogens is 11. The van der Waals surface area contributed by atoms with Crippen molar-refractivity contribution in [3.63, 3.8) is 0 Å². The summed E-state index contributed by atoms with van der Waals surface area (Å²) >= 11 is 0. The SMILES string of the molecule is Cc1nn(-c2nc(O)nc(-n3nc(C)c(N=Nc4c(C#N)cnn4-c4ccc(S(=O)(=O)CCCS(=O)(=O)O)cc4)c3N)n2)c(N)c1N=Nc1c(C#N)cnn1-c1ccc(S(=O)(=O)CCCS(=O)(=O)O)cc1. The summed E-state index contributed by atoms with van der Waals surface area (Å²) in [4.78, 5) is 11.9. The number of anilines is 2. The number of nitrogens with two attached hydrogens (primary N) is 2. The number of benzene rings is 2. The molecule has 0 atom stereocenters. The summed E-state index contributed by atoms with van der Waals surface area (Å²) < 4.78 is 117. The zero-order valence-corrected chi connectivity index (χ0v) is 39.8. The number of aromatic hydroxyl groups is 1. The second-order valence-corrected chi connectivity index (χ2v) is 22.2. The number of nitrogens with zero attached hydrogens (tertiary/aromatic N) is 17. The molecule has 0 radical (unpaired) electrons. The van der Waals surface area contributed by atoms with Gasteiger partial charge < -0.3 is 16.6 Å². The minimum absolute atomic E-state index is 0.0303. The highest BCUT2D eigenvalue weighted by Gasteiger charge is 2.24. The van der Waals surface area contributed by atoms with Crippen LogP contribution in [0.15, 0.2) is 91.2 Å². The van der Waals surface area contributed by atoms with Gasteiger partial charge in [-0.2, -0.15) is 72.1 Å². The van der Waals surface area contributed by atoms with Crippen molar-refractivity contribution >= 4 is 74.6 Å². The second kappa shape index (κ2) is 19.5. The average Bonchev–Trinajstić information content (AvgIpc) is 4.06. The fourth-order valence-corrected chi connectivity index (χ4v) is 10.5. The Bertz CT molecular complexity index is 3590. The molecule has 7 aromatic rings. The summed E-state index contributed by atoms with van der Waals surface area (Å²) in [5.41, 5.74) is 13.6. The third kappa shape index (κ3) is 11.2. The predicted molar refractivity (Wildman–Crippen MR) is 245 cm³/mol. The lowest BCUT2D eigenvalue weighted by molar-refractivity contribution is 0.423. The number of nitrogen functional groups attached to an aromatic ring is 2. The molecule has 0 bridgehead atoms. The van der Waals surface area contributed by atoms with Crippen LogP contribution in [0.2, 0.25) is 0 Å². The second-order valence-electron chi connectivity index (χ2n) is 14.8. The lowest BCUT2D eigenvalue weighted by Crippen LogP contribution is -2.13. The Morgan fingerprint density at radius 1 is 0.563 bits per heavy atom. The molecule has 0 saturated carbocycles. The molecule has 0 saturated heterocycles. The van der Waals surface area contributed by atoms with Crippen LogP contribution in [0, 0.1) is 36.5 Å². The molecule has 0 aliphatic heterocycles. The molecule has 0 amide bonds. The number of hydrogen-bond donors (Lipinski definition) is 5. The first-order valence-corrected chi connectivity index (χ1v) is 26.4. The van der Waals surface area contributed by atoms with Crippen molar-refractivity contribution in [2.45, 2.75) is 36.5 Å². The zero-order valence-electron chi connectivity index (χ0n) is 36.5. The molecule has 368 valence electrons. The number of nitriles is 2. The largest absolute Gasteiger partial charge is 0.479 e. The highest BCUT2D eigenvalue weighted by Crippen LogP contribution is 2.34. The fourth-order valence-electron chi connectivity index (χ4n) is 6.45. The Morgan fingerprint density at radius 3 is 1.27 bits per heavy atom. The third-order valence-corrected chi connectivity index (χ3v) is 15.1. The molecule has 7 N–H and O–H groups in total. The standard InChI is InChI=1S/C37H35N19O11S4/c1-21-29(47-49-33-23(17-38)19-42-53(33)25-5-9-27(10-6-25)68(58,59)13-3-15-70(62,63)64)31(40)55(51-21)35-44-36(46-37(57)45-35)56-32(41)30(22(2)52-56)48-50-34-24(18-39)20-43-54(34)26-7-11-28(12-8-26)69(60,61)14-4-16-71(65,66)67/h5-12,19-20H,3-4,13-16,40-41H2,1-2H3,(H,62,63,64)(H,65,66,67)(H,44,45,46,57). The van der Waals surface area contributed by atoms with Crippen LogP contribution in [0.4, 0.5) is 34.6 Å². The van der Waals surface area contributed by atoms with Gasteiger partial charge in [-0.15, -0.1) is 20.5 Å². The number of rotatable bonds is 18. The minimum atomic E-state index is -4.35. The van der Waals surface area contributed by atoms with E-state index in [9.17, 15) is 49.3 Å². The topological polar surface area (TPSA) is 456 Å². The van der Waals surface area contributed by atoms with Gasteiger partial charge in [0.15, 0.2) is 54.3 Å². The van der Waals surface area contributed by atoms with E-state index < -0.39 is 68.9 Å². The average molecular weight is 1050 g/mol. The minimum Gasteiger partial charge on any atom is -0.479 e. The van der Waals surface area contributed by atoms with E-state index in [-0.39, 0.29) is 103 Å². The van der Waals surface area contributed by atoms with E-state index in [1.807, 2.05) is 12.1 Å². The van der Waals surface area contributed by atoms with Gasteiger partial charge in [-0.05, 0) is 75.2 Å². The molecule has 5 aromatic heterocycles. The van der Waals surface area contributed by atoms with Crippen LogP contribution in [0.1, 0.15) is 35.4 Å². The first-order chi connectivity index (χ1) is 33.4. The van der Waals surface area contributed by atoms with E-state index >= 15 is 0 Å². The van der Waals surface area contributed by atoms with Gasteiger partial charge in [-0.1, -0.05) is 0 Å². The van der Waals surface area contributed by atoms with Gasteiger partial charge in [-0.25, -0.2) is 26.2 Å². The van der Waals surface area contributed by atoms with Gasteiger partial charge in [0.2, 0.25) is 0 Å². The Labute approximate surface area is 401 Å². The van der Waals surface area contributed by atoms with Crippen molar-refractivity contribution in [2.24, 2.45) is 20.5 Å². The summed E-state index contributed by atoms with van der Waals surface area (Å²) in [7, 11) is -16.6. The van der Waals surface area contributed by atoms with Crippen LogP contribution in [0.5, 0.6) is 6.01 Å². The predicted octanol–water partition coefficient (Wildman–Crippen LogP) is 2.78. The summed E-state index contributed by atoms with van der Waals surface area (Å²) in [5, 5.41) is 64.1. The van der Waals surface area contributed by atoms with Gasteiger partial charge >= 0.3 is 6.01 Å². The monoisotopic (exact) mass is 1050 g/mol. The number of sulfone groups is 2. The third-order valence-electron chi connectivity index (χ3n) is 9.84. The van der Waals surface area contributed by atoms with E-state index in [2.05, 4.69) is 55.8 Å². The molecule has 0 aliphatic rings. The molecule has 0 fully saturated rings. The van der Waals surface area contributed by atoms with E-state index in [4.69, 9.17) is 20.6 Å². The Balaban J connectivity index is 1.13. The first-order valence-electron chi connectivity index (χ1n) is 19.9. The van der Waals surface area contributed by atoms with E-state index in [1.165, 1.54) is 84.1 Å². The maximum absolute atomic E-state index is 12.8. The van der Waals surface area contributed by atoms with Gasteiger partial charge in [0.1, 0.15) is 23.3 Å². The molecule has 5 heterocycles. The highest BCUT2D eigenvalue weighted by atomic mass is 32.2. The molecule has 2 aromatic carbocycles. The smallest absolute Gasteiger partial charge is 0.320 e. The summed E-state index contributed by atoms with van der Waals surface area (Å²) in [6.45, 7) is 3.02. The quantitative estimate of drug-likeness (QED) is 0.0609. The fraction of sp³-hybridized carbons (Fsp3) is 0.216. The Morgan fingerprint density at radius 2 is 0.930 bits per heavy atom. The lowest BCUT2D eigenvalue weighted by Gasteiger charge is -2.07. The molecular weight excluding hydrogens is 1010 g/mol. The van der Waals surface area contributed by atoms with Crippen molar-refractivity contribution in [1.82, 2.24) is 54.1 Å². The summed E-state index contributed by atoms with van der Waals surface area (Å²) in [6.07, 6.45) is 1.73. The van der Waals surface area contributed by atoms with Crippen molar-refractivity contribution in [2.75, 3.05) is 34.5 Å². The van der Waals surface area contributed by atoms with Crippen LogP contribution in [0.25, 0.3) is 23.3 Å². The number of aryl methyl sites for hydroxylation is 2. The van der Waals surface area contributed by atoms with Crippen LogP contribution >= 0.6 is 0 Å². The molecule has 30 nitrogen and oxygen atoms in total. The van der Waals surface area contributed by atoms with Crippen molar-refractivity contribution in [3.8, 4) is 41.4 Å². The zero-order chi connectivity index (χ0) is 51.6.